The molecule has 86 valence electrons. The molecule has 0 spiro atoms. The molecule has 2 aliphatic rings. The number of rotatable bonds is 3. The zero-order valence-electron chi connectivity index (χ0n) is 9.26. The molecule has 0 saturated carbocycles. The molecule has 1 aromatic heterocycles. The zero-order chi connectivity index (χ0) is 10.8. The second-order valence-electron chi connectivity index (χ2n) is 4.58. The summed E-state index contributed by atoms with van der Waals surface area (Å²) in [6.45, 7) is 1.56. The summed E-state index contributed by atoms with van der Waals surface area (Å²) in [5, 5.41) is 4.05. The van der Waals surface area contributed by atoms with Gasteiger partial charge in [0.1, 0.15) is 0 Å². The van der Waals surface area contributed by atoms with Crippen molar-refractivity contribution in [2.45, 2.75) is 31.6 Å². The number of nitrogens with zero attached hydrogens (tertiary/aromatic N) is 2. The van der Waals surface area contributed by atoms with Crippen molar-refractivity contribution in [2.24, 2.45) is 5.92 Å². The Kier molecular flexibility index (Phi) is 2.74. The molecule has 4 heteroatoms. The molecule has 0 radical (unpaired) electrons. The monoisotopic (exact) mass is 220 g/mol. The Morgan fingerprint density at radius 1 is 1.38 bits per heavy atom. The van der Waals surface area contributed by atoms with E-state index in [9.17, 15) is 0 Å². The van der Waals surface area contributed by atoms with Gasteiger partial charge in [-0.2, -0.15) is 4.98 Å². The molecule has 1 aliphatic heterocycles. The van der Waals surface area contributed by atoms with Crippen LogP contribution in [-0.2, 0) is 11.2 Å². The van der Waals surface area contributed by atoms with E-state index in [4.69, 9.17) is 9.26 Å². The van der Waals surface area contributed by atoms with E-state index in [-0.39, 0.29) is 0 Å². The van der Waals surface area contributed by atoms with Crippen molar-refractivity contribution in [1.82, 2.24) is 10.1 Å². The van der Waals surface area contributed by atoms with Crippen molar-refractivity contribution in [3.05, 3.63) is 23.9 Å². The van der Waals surface area contributed by atoms with Crippen LogP contribution < -0.4 is 0 Å². The van der Waals surface area contributed by atoms with Gasteiger partial charge in [0.15, 0.2) is 5.82 Å². The van der Waals surface area contributed by atoms with E-state index >= 15 is 0 Å². The van der Waals surface area contributed by atoms with Crippen molar-refractivity contribution in [3.8, 4) is 0 Å². The average Bonchev–Trinajstić information content (AvgIpc) is 2.99. The fraction of sp³-hybridized carbons (Fsp3) is 0.667. The lowest BCUT2D eigenvalue weighted by atomic mass is 10.1. The van der Waals surface area contributed by atoms with Crippen molar-refractivity contribution < 1.29 is 9.26 Å². The fourth-order valence-corrected chi connectivity index (χ4v) is 2.34. The number of hydrogen-bond acceptors (Lipinski definition) is 4. The molecule has 0 aromatic carbocycles. The predicted molar refractivity (Wildman–Crippen MR) is 58.0 cm³/mol. The topological polar surface area (TPSA) is 48.2 Å². The maximum Gasteiger partial charge on any atom is 0.227 e. The molecule has 4 nitrogen and oxygen atoms in total. The van der Waals surface area contributed by atoms with Crippen LogP contribution in [0.25, 0.3) is 0 Å². The van der Waals surface area contributed by atoms with Crippen LogP contribution in [0.15, 0.2) is 16.7 Å². The van der Waals surface area contributed by atoms with Crippen LogP contribution in [0, 0.1) is 5.92 Å². The van der Waals surface area contributed by atoms with E-state index in [1.807, 2.05) is 0 Å². The van der Waals surface area contributed by atoms with Gasteiger partial charge in [0, 0.05) is 18.9 Å². The van der Waals surface area contributed by atoms with Gasteiger partial charge in [-0.15, -0.1) is 0 Å². The van der Waals surface area contributed by atoms with E-state index in [1.165, 1.54) is 12.8 Å². The van der Waals surface area contributed by atoms with Gasteiger partial charge in [-0.05, 0) is 25.2 Å². The van der Waals surface area contributed by atoms with Crippen LogP contribution in [0.3, 0.4) is 0 Å². The Balaban J connectivity index is 1.65. The van der Waals surface area contributed by atoms with Gasteiger partial charge in [0.05, 0.1) is 6.61 Å². The summed E-state index contributed by atoms with van der Waals surface area (Å²) in [7, 11) is 0. The summed E-state index contributed by atoms with van der Waals surface area (Å²) in [4.78, 5) is 4.46. The Labute approximate surface area is 94.7 Å². The minimum absolute atomic E-state index is 0.344. The number of ether oxygens (including phenoxy) is 1. The van der Waals surface area contributed by atoms with Crippen molar-refractivity contribution in [3.63, 3.8) is 0 Å². The molecule has 1 aliphatic carbocycles. The summed E-state index contributed by atoms with van der Waals surface area (Å²) in [6, 6.07) is 0. The molecule has 0 N–H and O–H groups in total. The lowest BCUT2D eigenvalue weighted by Gasteiger charge is -2.01. The van der Waals surface area contributed by atoms with Crippen LogP contribution >= 0.6 is 0 Å². The average molecular weight is 220 g/mol. The van der Waals surface area contributed by atoms with Gasteiger partial charge in [-0.1, -0.05) is 17.3 Å². The first-order valence-corrected chi connectivity index (χ1v) is 5.99. The standard InChI is InChI=1S/C12H16N2O2/c1-2-4-9(3-1)7-11-13-12(14-16-11)10-5-6-15-8-10/h1,3,9-10H,2,4-8H2/t9-,10+/m1/s1. The molecular weight excluding hydrogens is 204 g/mol. The van der Waals surface area contributed by atoms with Gasteiger partial charge in [0.2, 0.25) is 5.89 Å². The summed E-state index contributed by atoms with van der Waals surface area (Å²) >= 11 is 0. The highest BCUT2D eigenvalue weighted by Gasteiger charge is 2.23. The number of aromatic nitrogens is 2. The second kappa shape index (κ2) is 4.37. The summed E-state index contributed by atoms with van der Waals surface area (Å²) < 4.78 is 10.6. The maximum atomic E-state index is 5.32. The quantitative estimate of drug-likeness (QED) is 0.732. The number of allylic oxidation sites excluding steroid dienone is 2. The maximum absolute atomic E-state index is 5.32. The van der Waals surface area contributed by atoms with Crippen LogP contribution in [0.2, 0.25) is 0 Å². The van der Waals surface area contributed by atoms with Crippen LogP contribution in [0.4, 0.5) is 0 Å². The second-order valence-corrected chi connectivity index (χ2v) is 4.58. The smallest absolute Gasteiger partial charge is 0.227 e. The minimum atomic E-state index is 0.344. The largest absolute Gasteiger partial charge is 0.381 e. The van der Waals surface area contributed by atoms with Gasteiger partial charge in [-0.3, -0.25) is 0 Å². The normalized spacial score (nSPS) is 29.0. The predicted octanol–water partition coefficient (Wildman–Crippen LogP) is 2.08. The van der Waals surface area contributed by atoms with E-state index in [0.717, 1.165) is 37.8 Å². The highest BCUT2D eigenvalue weighted by Crippen LogP contribution is 2.24. The molecule has 3 rings (SSSR count). The minimum Gasteiger partial charge on any atom is -0.381 e. The van der Waals surface area contributed by atoms with E-state index < -0.39 is 0 Å². The molecule has 16 heavy (non-hydrogen) atoms. The van der Waals surface area contributed by atoms with Gasteiger partial charge < -0.3 is 9.26 Å². The van der Waals surface area contributed by atoms with Crippen LogP contribution in [0.5, 0.6) is 0 Å². The Hall–Kier alpha value is -1.16. The van der Waals surface area contributed by atoms with Crippen LogP contribution in [0.1, 0.15) is 36.9 Å². The third-order valence-electron chi connectivity index (χ3n) is 3.33. The molecule has 1 saturated heterocycles. The highest BCUT2D eigenvalue weighted by atomic mass is 16.5. The Morgan fingerprint density at radius 3 is 3.12 bits per heavy atom. The molecule has 0 amide bonds. The Bertz CT molecular complexity index is 380. The lowest BCUT2D eigenvalue weighted by Crippen LogP contribution is -2.01. The summed E-state index contributed by atoms with van der Waals surface area (Å²) in [5.74, 6) is 2.54. The third-order valence-corrected chi connectivity index (χ3v) is 3.33. The first-order chi connectivity index (χ1) is 7.92. The summed E-state index contributed by atoms with van der Waals surface area (Å²) in [5.41, 5.74) is 0. The third kappa shape index (κ3) is 2.02. The molecule has 2 heterocycles. The van der Waals surface area contributed by atoms with E-state index in [0.29, 0.717) is 11.8 Å². The molecule has 0 bridgehead atoms. The highest BCUT2D eigenvalue weighted by molar-refractivity contribution is 5.02. The first kappa shape index (κ1) is 10.0. The van der Waals surface area contributed by atoms with E-state index in [1.54, 1.807) is 0 Å². The Morgan fingerprint density at radius 2 is 2.38 bits per heavy atom. The zero-order valence-corrected chi connectivity index (χ0v) is 9.26. The van der Waals surface area contributed by atoms with Crippen molar-refractivity contribution in [2.75, 3.05) is 13.2 Å². The van der Waals surface area contributed by atoms with Crippen LogP contribution in [-0.4, -0.2) is 23.4 Å². The van der Waals surface area contributed by atoms with Gasteiger partial charge in [-0.25, -0.2) is 0 Å². The number of hydrogen-bond donors (Lipinski definition) is 0. The van der Waals surface area contributed by atoms with E-state index in [2.05, 4.69) is 22.3 Å². The molecule has 1 aromatic rings. The SMILES string of the molecule is C1=C[C@@H](Cc2nc([C@H]3CCOC3)no2)CC1. The van der Waals surface area contributed by atoms with Gasteiger partial charge in [0.25, 0.3) is 0 Å². The summed E-state index contributed by atoms with van der Waals surface area (Å²) in [6.07, 6.45) is 8.78. The first-order valence-electron chi connectivity index (χ1n) is 5.99. The molecule has 0 unspecified atom stereocenters. The molecule has 2 atom stereocenters. The van der Waals surface area contributed by atoms with Crippen molar-refractivity contribution in [1.29, 1.82) is 0 Å². The molecule has 1 fully saturated rings. The van der Waals surface area contributed by atoms with Gasteiger partial charge >= 0.3 is 0 Å². The lowest BCUT2D eigenvalue weighted by molar-refractivity contribution is 0.192. The fourth-order valence-electron chi connectivity index (χ4n) is 2.34. The molecular formula is C12H16N2O2. The van der Waals surface area contributed by atoms with Crippen molar-refractivity contribution >= 4 is 0 Å².